The van der Waals surface area contributed by atoms with E-state index in [1.165, 1.54) is 11.8 Å². The third kappa shape index (κ3) is 3.39. The highest BCUT2D eigenvalue weighted by Gasteiger charge is 2.03. The normalized spacial score (nSPS) is 10.6. The second-order valence-electron chi connectivity index (χ2n) is 3.29. The summed E-state index contributed by atoms with van der Waals surface area (Å²) in [6.45, 7) is 0.567. The van der Waals surface area contributed by atoms with Crippen LogP contribution >= 0.6 is 24.0 Å². The molecule has 0 bridgehead atoms. The first-order chi connectivity index (χ1) is 8.29. The van der Waals surface area contributed by atoms with Gasteiger partial charge in [-0.25, -0.2) is 9.97 Å². The molecule has 0 radical (unpaired) electrons. The van der Waals surface area contributed by atoms with Crippen molar-refractivity contribution < 1.29 is 5.11 Å². The molecule has 2 N–H and O–H groups in total. The first kappa shape index (κ1) is 12.3. The predicted octanol–water partition coefficient (Wildman–Crippen LogP) is 0.829. The van der Waals surface area contributed by atoms with Gasteiger partial charge in [0.15, 0.2) is 0 Å². The van der Waals surface area contributed by atoms with Crippen LogP contribution in [0.2, 0.25) is 0 Å². The van der Waals surface area contributed by atoms with Crippen LogP contribution in [-0.2, 0) is 5.75 Å². The Kier molecular flexibility index (Phi) is 4.29. The zero-order valence-corrected chi connectivity index (χ0v) is 10.7. The number of imidazole rings is 1. The summed E-state index contributed by atoms with van der Waals surface area (Å²) in [4.78, 5) is 8.50. The zero-order valence-electron chi connectivity index (χ0n) is 9.04. The molecule has 0 amide bonds. The maximum absolute atomic E-state index is 8.64. The summed E-state index contributed by atoms with van der Waals surface area (Å²) in [5.41, 5.74) is 0.932. The number of rotatable bonds is 4. The van der Waals surface area contributed by atoms with Crippen LogP contribution in [0.1, 0.15) is 5.69 Å². The highest BCUT2D eigenvalue weighted by molar-refractivity contribution is 8.22. The Labute approximate surface area is 108 Å². The molecule has 0 unspecified atom stereocenters. The molecular formula is C10H12N4OS2. The van der Waals surface area contributed by atoms with Crippen LogP contribution in [0.4, 0.5) is 0 Å². The van der Waals surface area contributed by atoms with Crippen LogP contribution in [0.3, 0.4) is 0 Å². The number of aliphatic hydroxyl groups is 1. The lowest BCUT2D eigenvalue weighted by atomic mass is 10.6. The molecule has 0 aliphatic heterocycles. The number of hydrogen-bond donors (Lipinski definition) is 2. The SMILES string of the molecule is OCCNC(=S)SCc1cn2cccnc2n1. The van der Waals surface area contributed by atoms with Gasteiger partial charge in [-0.3, -0.25) is 4.40 Å². The molecule has 0 spiro atoms. The van der Waals surface area contributed by atoms with Crippen LogP contribution in [0, 0.1) is 0 Å². The van der Waals surface area contributed by atoms with Gasteiger partial charge in [0.1, 0.15) is 4.32 Å². The first-order valence-electron chi connectivity index (χ1n) is 5.09. The molecule has 0 saturated heterocycles. The standard InChI is InChI=1S/C10H12N4OS2/c15-5-3-12-10(16)17-7-8-6-14-4-1-2-11-9(14)13-8/h1-2,4,6,15H,3,5,7H2,(H,12,16). The number of thioether (sulfide) groups is 1. The average Bonchev–Trinajstić information content (AvgIpc) is 2.76. The summed E-state index contributed by atoms with van der Waals surface area (Å²) in [6.07, 6.45) is 5.56. The number of nitrogens with zero attached hydrogens (tertiary/aromatic N) is 3. The van der Waals surface area contributed by atoms with Gasteiger partial charge in [-0.15, -0.1) is 0 Å². The summed E-state index contributed by atoms with van der Waals surface area (Å²) in [7, 11) is 0. The molecule has 2 heterocycles. The molecule has 2 aromatic rings. The maximum atomic E-state index is 8.64. The second-order valence-corrected chi connectivity index (χ2v) is 4.94. The van der Waals surface area contributed by atoms with Gasteiger partial charge in [0.25, 0.3) is 0 Å². The molecule has 2 aromatic heterocycles. The molecule has 0 saturated carbocycles. The van der Waals surface area contributed by atoms with E-state index >= 15 is 0 Å². The Morgan fingerprint density at radius 2 is 2.47 bits per heavy atom. The Balaban J connectivity index is 1.92. The van der Waals surface area contributed by atoms with Crippen molar-refractivity contribution in [1.29, 1.82) is 0 Å². The van der Waals surface area contributed by atoms with E-state index in [4.69, 9.17) is 17.3 Å². The minimum atomic E-state index is 0.0823. The van der Waals surface area contributed by atoms with Crippen LogP contribution in [-0.4, -0.2) is 36.9 Å². The highest BCUT2D eigenvalue weighted by atomic mass is 32.2. The quantitative estimate of drug-likeness (QED) is 0.801. The van der Waals surface area contributed by atoms with Crippen molar-refractivity contribution >= 4 is 34.1 Å². The third-order valence-corrected chi connectivity index (χ3v) is 3.36. The highest BCUT2D eigenvalue weighted by Crippen LogP contribution is 2.12. The number of hydrogen-bond acceptors (Lipinski definition) is 5. The van der Waals surface area contributed by atoms with Gasteiger partial charge in [0.05, 0.1) is 12.3 Å². The summed E-state index contributed by atoms with van der Waals surface area (Å²) >= 11 is 6.58. The topological polar surface area (TPSA) is 62.5 Å². The summed E-state index contributed by atoms with van der Waals surface area (Å²) in [6, 6.07) is 1.86. The number of nitrogens with one attached hydrogen (secondary N) is 1. The van der Waals surface area contributed by atoms with Gasteiger partial charge in [0, 0.05) is 30.9 Å². The molecule has 2 rings (SSSR count). The van der Waals surface area contributed by atoms with Gasteiger partial charge in [-0.1, -0.05) is 24.0 Å². The monoisotopic (exact) mass is 268 g/mol. The fourth-order valence-electron chi connectivity index (χ4n) is 1.30. The fourth-order valence-corrected chi connectivity index (χ4v) is 2.20. The number of aliphatic hydroxyl groups excluding tert-OH is 1. The van der Waals surface area contributed by atoms with Gasteiger partial charge in [0.2, 0.25) is 5.78 Å². The minimum absolute atomic E-state index is 0.0823. The molecule has 90 valence electrons. The first-order valence-corrected chi connectivity index (χ1v) is 6.49. The minimum Gasteiger partial charge on any atom is -0.395 e. The van der Waals surface area contributed by atoms with Crippen molar-refractivity contribution in [3.05, 3.63) is 30.4 Å². The molecule has 0 aliphatic rings. The van der Waals surface area contributed by atoms with Crippen LogP contribution < -0.4 is 5.32 Å². The van der Waals surface area contributed by atoms with Gasteiger partial charge >= 0.3 is 0 Å². The number of fused-ring (bicyclic) bond motifs is 1. The van der Waals surface area contributed by atoms with Crippen molar-refractivity contribution in [2.24, 2.45) is 0 Å². The van der Waals surface area contributed by atoms with Crippen molar-refractivity contribution in [3.63, 3.8) is 0 Å². The lowest BCUT2D eigenvalue weighted by Crippen LogP contribution is -2.22. The van der Waals surface area contributed by atoms with E-state index in [1.807, 2.05) is 22.9 Å². The largest absolute Gasteiger partial charge is 0.395 e. The molecule has 0 fully saturated rings. The fraction of sp³-hybridized carbons (Fsp3) is 0.300. The summed E-state index contributed by atoms with van der Waals surface area (Å²) in [5, 5.41) is 11.6. The van der Waals surface area contributed by atoms with Crippen molar-refractivity contribution in [2.45, 2.75) is 5.75 Å². The van der Waals surface area contributed by atoms with E-state index in [0.717, 1.165) is 5.69 Å². The molecule has 0 aromatic carbocycles. The summed E-state index contributed by atoms with van der Waals surface area (Å²) in [5.74, 6) is 1.39. The van der Waals surface area contributed by atoms with Crippen LogP contribution in [0.25, 0.3) is 5.78 Å². The van der Waals surface area contributed by atoms with E-state index < -0.39 is 0 Å². The molecule has 5 nitrogen and oxygen atoms in total. The maximum Gasteiger partial charge on any atom is 0.233 e. The van der Waals surface area contributed by atoms with Crippen molar-refractivity contribution in [2.75, 3.05) is 13.2 Å². The zero-order chi connectivity index (χ0) is 12.1. The van der Waals surface area contributed by atoms with Gasteiger partial charge in [-0.05, 0) is 6.07 Å². The Bertz CT molecular complexity index is 481. The second kappa shape index (κ2) is 5.95. The van der Waals surface area contributed by atoms with E-state index in [1.54, 1.807) is 6.20 Å². The molecule has 17 heavy (non-hydrogen) atoms. The predicted molar refractivity (Wildman–Crippen MR) is 72.0 cm³/mol. The van der Waals surface area contributed by atoms with Gasteiger partial charge < -0.3 is 10.4 Å². The number of aromatic nitrogens is 3. The van der Waals surface area contributed by atoms with Gasteiger partial charge in [-0.2, -0.15) is 0 Å². The van der Waals surface area contributed by atoms with Crippen LogP contribution in [0.5, 0.6) is 0 Å². The molecule has 0 atom stereocenters. The van der Waals surface area contributed by atoms with Crippen LogP contribution in [0.15, 0.2) is 24.7 Å². The van der Waals surface area contributed by atoms with Crippen molar-refractivity contribution in [3.8, 4) is 0 Å². The lowest BCUT2D eigenvalue weighted by Gasteiger charge is -2.03. The molecule has 0 aliphatic carbocycles. The van der Waals surface area contributed by atoms with E-state index in [-0.39, 0.29) is 6.61 Å². The summed E-state index contributed by atoms with van der Waals surface area (Å²) < 4.78 is 2.55. The van der Waals surface area contributed by atoms with E-state index in [9.17, 15) is 0 Å². The van der Waals surface area contributed by atoms with Crippen molar-refractivity contribution in [1.82, 2.24) is 19.7 Å². The number of thiocarbonyl (C=S) groups is 1. The molecule has 7 heteroatoms. The average molecular weight is 268 g/mol. The lowest BCUT2D eigenvalue weighted by molar-refractivity contribution is 0.301. The Morgan fingerprint density at radius 1 is 1.59 bits per heavy atom. The Hall–Kier alpha value is -1.18. The molecular weight excluding hydrogens is 256 g/mol. The van der Waals surface area contributed by atoms with E-state index in [0.29, 0.717) is 22.4 Å². The Morgan fingerprint density at radius 3 is 3.24 bits per heavy atom. The van der Waals surface area contributed by atoms with E-state index in [2.05, 4.69) is 15.3 Å². The smallest absolute Gasteiger partial charge is 0.233 e. The third-order valence-electron chi connectivity index (χ3n) is 2.02.